The molecule has 0 aromatic rings. The van der Waals surface area contributed by atoms with Crippen molar-refractivity contribution in [2.75, 3.05) is 19.8 Å². The molecule has 0 aromatic heterocycles. The predicted molar refractivity (Wildman–Crippen MR) is 175 cm³/mol. The molecule has 0 spiro atoms. The maximum Gasteiger partial charge on any atom is 0.472 e. The van der Waals surface area contributed by atoms with Gasteiger partial charge in [0.15, 0.2) is 0 Å². The van der Waals surface area contributed by atoms with Crippen LogP contribution in [0.25, 0.3) is 0 Å². The zero-order valence-electron chi connectivity index (χ0n) is 27.5. The molecule has 1 unspecified atom stereocenters. The standard InChI is InChI=1S/C33H69N2O6P/c1-3-5-7-9-11-12-13-14-15-16-17-18-19-21-22-24-26-32(36)31(30-41-42(38,39)40-29-28-34)35-33(37)27-25-23-20-10-8-6-4-2/h31-32,36H,3-30,34H2,1-2H3,(H,35,37)(H,38,39)/t31-,32+/m0/s1. The molecule has 0 radical (unpaired) electrons. The molecule has 0 bridgehead atoms. The van der Waals surface area contributed by atoms with Gasteiger partial charge in [0.1, 0.15) is 0 Å². The third-order valence-electron chi connectivity index (χ3n) is 7.96. The maximum absolute atomic E-state index is 12.6. The van der Waals surface area contributed by atoms with Crippen LogP contribution in [0.2, 0.25) is 0 Å². The highest BCUT2D eigenvalue weighted by Crippen LogP contribution is 2.43. The number of carbonyl (C=O) groups is 1. The summed E-state index contributed by atoms with van der Waals surface area (Å²) in [6, 6.07) is -0.764. The SMILES string of the molecule is CCCCCCCCCCCCCCCCCC[C@@H](O)[C@H](COP(=O)(O)OCCN)NC(=O)CCCCCCCCC. The summed E-state index contributed by atoms with van der Waals surface area (Å²) in [6.07, 6.45) is 28.3. The van der Waals surface area contributed by atoms with Crippen molar-refractivity contribution in [3.05, 3.63) is 0 Å². The van der Waals surface area contributed by atoms with E-state index in [9.17, 15) is 19.4 Å². The number of hydrogen-bond acceptors (Lipinski definition) is 6. The number of unbranched alkanes of at least 4 members (excludes halogenated alkanes) is 21. The van der Waals surface area contributed by atoms with Crippen LogP contribution in [-0.2, 0) is 18.4 Å². The lowest BCUT2D eigenvalue weighted by molar-refractivity contribution is -0.123. The molecule has 5 N–H and O–H groups in total. The Morgan fingerprint density at radius 1 is 0.690 bits per heavy atom. The van der Waals surface area contributed by atoms with Crippen LogP contribution in [0.3, 0.4) is 0 Å². The van der Waals surface area contributed by atoms with Crippen LogP contribution in [0.15, 0.2) is 0 Å². The molecular weight excluding hydrogens is 551 g/mol. The minimum atomic E-state index is -4.29. The highest BCUT2D eigenvalue weighted by atomic mass is 31.2. The molecule has 0 aromatic carbocycles. The van der Waals surface area contributed by atoms with Gasteiger partial charge in [-0.25, -0.2) is 4.57 Å². The van der Waals surface area contributed by atoms with E-state index >= 15 is 0 Å². The Labute approximate surface area is 259 Å². The highest BCUT2D eigenvalue weighted by Gasteiger charge is 2.27. The maximum atomic E-state index is 12.6. The first-order chi connectivity index (χ1) is 20.4. The average Bonchev–Trinajstić information content (AvgIpc) is 2.97. The lowest BCUT2D eigenvalue weighted by Gasteiger charge is -2.25. The van der Waals surface area contributed by atoms with Gasteiger partial charge in [0.25, 0.3) is 0 Å². The van der Waals surface area contributed by atoms with Crippen molar-refractivity contribution >= 4 is 13.7 Å². The van der Waals surface area contributed by atoms with E-state index in [0.717, 1.165) is 38.5 Å². The topological polar surface area (TPSA) is 131 Å². The molecule has 252 valence electrons. The van der Waals surface area contributed by atoms with Gasteiger partial charge in [0, 0.05) is 13.0 Å². The van der Waals surface area contributed by atoms with E-state index in [4.69, 9.17) is 14.8 Å². The molecular formula is C33H69N2O6P. The summed E-state index contributed by atoms with van der Waals surface area (Å²) in [5.74, 6) is -0.168. The summed E-state index contributed by atoms with van der Waals surface area (Å²) in [7, 11) is -4.29. The molecule has 0 rings (SSSR count). The molecule has 0 aliphatic carbocycles. The number of phosphoric acid groups is 1. The summed E-state index contributed by atoms with van der Waals surface area (Å²) in [6.45, 7) is 4.15. The minimum absolute atomic E-state index is 0.0917. The monoisotopic (exact) mass is 620 g/mol. The molecule has 42 heavy (non-hydrogen) atoms. The molecule has 0 saturated carbocycles. The second-order valence-corrected chi connectivity index (χ2v) is 13.5. The molecule has 0 heterocycles. The Bertz CT molecular complexity index is 640. The zero-order chi connectivity index (χ0) is 31.2. The number of rotatable bonds is 33. The van der Waals surface area contributed by atoms with Gasteiger partial charge in [-0.05, 0) is 12.8 Å². The van der Waals surface area contributed by atoms with Gasteiger partial charge in [-0.15, -0.1) is 0 Å². The van der Waals surface area contributed by atoms with E-state index in [2.05, 4.69) is 19.2 Å². The quantitative estimate of drug-likeness (QED) is 0.0426. The van der Waals surface area contributed by atoms with Crippen LogP contribution in [0.4, 0.5) is 0 Å². The number of nitrogens with one attached hydrogen (secondary N) is 1. The van der Waals surface area contributed by atoms with Crippen LogP contribution in [0, 0.1) is 0 Å². The fraction of sp³-hybridized carbons (Fsp3) is 0.970. The van der Waals surface area contributed by atoms with E-state index in [1.54, 1.807) is 0 Å². The molecule has 8 nitrogen and oxygen atoms in total. The van der Waals surface area contributed by atoms with Gasteiger partial charge in [-0.3, -0.25) is 13.8 Å². The van der Waals surface area contributed by atoms with Gasteiger partial charge < -0.3 is 21.1 Å². The number of aliphatic hydroxyl groups excluding tert-OH is 1. The third-order valence-corrected chi connectivity index (χ3v) is 8.95. The van der Waals surface area contributed by atoms with Crippen molar-refractivity contribution in [3.63, 3.8) is 0 Å². The second-order valence-electron chi connectivity index (χ2n) is 12.1. The van der Waals surface area contributed by atoms with Gasteiger partial charge in [-0.2, -0.15) is 0 Å². The number of amides is 1. The van der Waals surface area contributed by atoms with Crippen molar-refractivity contribution in [1.82, 2.24) is 5.32 Å². The lowest BCUT2D eigenvalue weighted by Crippen LogP contribution is -2.46. The van der Waals surface area contributed by atoms with Crippen molar-refractivity contribution < 1.29 is 28.4 Å². The summed E-state index contributed by atoms with van der Waals surface area (Å²) in [5, 5.41) is 13.6. The Hall–Kier alpha value is -0.500. The Balaban J connectivity index is 4.17. The fourth-order valence-corrected chi connectivity index (χ4v) is 6.01. The van der Waals surface area contributed by atoms with E-state index in [1.165, 1.54) is 109 Å². The number of carbonyl (C=O) groups excluding carboxylic acids is 1. The van der Waals surface area contributed by atoms with Gasteiger partial charge in [0.2, 0.25) is 5.91 Å². The summed E-state index contributed by atoms with van der Waals surface area (Å²) >= 11 is 0. The van der Waals surface area contributed by atoms with Gasteiger partial charge in [-0.1, -0.05) is 155 Å². The van der Waals surface area contributed by atoms with Crippen molar-refractivity contribution in [1.29, 1.82) is 0 Å². The molecule has 0 aliphatic heterocycles. The van der Waals surface area contributed by atoms with Crippen LogP contribution < -0.4 is 11.1 Å². The van der Waals surface area contributed by atoms with Crippen LogP contribution in [0.5, 0.6) is 0 Å². The number of nitrogens with two attached hydrogens (primary N) is 1. The Morgan fingerprint density at radius 2 is 1.10 bits per heavy atom. The van der Waals surface area contributed by atoms with Gasteiger partial charge in [0.05, 0.1) is 25.4 Å². The van der Waals surface area contributed by atoms with Crippen LogP contribution >= 0.6 is 7.82 Å². The van der Waals surface area contributed by atoms with E-state index in [0.29, 0.717) is 12.8 Å². The molecule has 9 heteroatoms. The average molecular weight is 621 g/mol. The van der Waals surface area contributed by atoms with E-state index < -0.39 is 20.0 Å². The smallest absolute Gasteiger partial charge is 0.391 e. The van der Waals surface area contributed by atoms with Crippen LogP contribution in [0.1, 0.15) is 174 Å². The molecule has 3 atom stereocenters. The fourth-order valence-electron chi connectivity index (χ4n) is 5.25. The molecule has 0 aliphatic rings. The second kappa shape index (κ2) is 30.5. The number of phosphoric ester groups is 1. The first kappa shape index (κ1) is 41.5. The van der Waals surface area contributed by atoms with E-state index in [-0.39, 0.29) is 25.7 Å². The zero-order valence-corrected chi connectivity index (χ0v) is 28.4. The van der Waals surface area contributed by atoms with Crippen LogP contribution in [-0.4, -0.2) is 47.8 Å². The van der Waals surface area contributed by atoms with Crippen molar-refractivity contribution in [3.8, 4) is 0 Å². The normalized spacial score (nSPS) is 14.5. The number of aliphatic hydroxyl groups is 1. The summed E-state index contributed by atoms with van der Waals surface area (Å²) < 4.78 is 22.0. The third kappa shape index (κ3) is 28.3. The molecule has 1 amide bonds. The number of hydrogen-bond donors (Lipinski definition) is 4. The van der Waals surface area contributed by atoms with Gasteiger partial charge >= 0.3 is 7.82 Å². The first-order valence-corrected chi connectivity index (χ1v) is 19.1. The summed E-state index contributed by atoms with van der Waals surface area (Å²) in [5.41, 5.74) is 5.34. The largest absolute Gasteiger partial charge is 0.472 e. The molecule has 0 fully saturated rings. The summed E-state index contributed by atoms with van der Waals surface area (Å²) in [4.78, 5) is 22.4. The van der Waals surface area contributed by atoms with E-state index in [1.807, 2.05) is 0 Å². The lowest BCUT2D eigenvalue weighted by atomic mass is 10.0. The predicted octanol–water partition coefficient (Wildman–Crippen LogP) is 8.72. The van der Waals surface area contributed by atoms with Crippen molar-refractivity contribution in [2.45, 2.75) is 187 Å². The first-order valence-electron chi connectivity index (χ1n) is 17.7. The minimum Gasteiger partial charge on any atom is -0.391 e. The Morgan fingerprint density at radius 3 is 1.52 bits per heavy atom. The Kier molecular flexibility index (Phi) is 30.2. The highest BCUT2D eigenvalue weighted by molar-refractivity contribution is 7.47. The molecule has 0 saturated heterocycles. The van der Waals surface area contributed by atoms with Crippen molar-refractivity contribution in [2.24, 2.45) is 5.73 Å².